The first-order valence-corrected chi connectivity index (χ1v) is 6.97. The van der Waals surface area contributed by atoms with E-state index in [1.54, 1.807) is 12.1 Å². The van der Waals surface area contributed by atoms with E-state index in [4.69, 9.17) is 16.3 Å². The summed E-state index contributed by atoms with van der Waals surface area (Å²) in [5.74, 6) is 1.66. The molecule has 1 aromatic carbocycles. The molecule has 1 aromatic heterocycles. The molecule has 90 valence electrons. The van der Waals surface area contributed by atoms with E-state index >= 15 is 0 Å². The number of rotatable bonds is 3. The second-order valence-corrected chi connectivity index (χ2v) is 5.79. The highest BCUT2D eigenvalue weighted by Gasteiger charge is 2.11. The molecule has 17 heavy (non-hydrogen) atoms. The van der Waals surface area contributed by atoms with Crippen LogP contribution in [0.15, 0.2) is 22.7 Å². The van der Waals surface area contributed by atoms with Gasteiger partial charge in [0.25, 0.3) is 5.19 Å². The van der Waals surface area contributed by atoms with Crippen molar-refractivity contribution >= 4 is 39.1 Å². The molecule has 0 atom stereocenters. The molecule has 6 heteroatoms. The van der Waals surface area contributed by atoms with Crippen LogP contribution in [-0.2, 0) is 0 Å². The van der Waals surface area contributed by atoms with Gasteiger partial charge in [-0.25, -0.2) is 0 Å². The first-order valence-electron chi connectivity index (χ1n) is 5.03. The Hall–Kier alpha value is -0.650. The molecule has 0 radical (unpaired) electrons. The third-order valence-corrected chi connectivity index (χ3v) is 3.44. The van der Waals surface area contributed by atoms with Crippen molar-refractivity contribution in [1.29, 1.82) is 0 Å². The number of aromatic nitrogens is 2. The minimum absolute atomic E-state index is 0.293. The van der Waals surface area contributed by atoms with Crippen molar-refractivity contribution in [1.82, 2.24) is 9.36 Å². The molecule has 0 saturated heterocycles. The summed E-state index contributed by atoms with van der Waals surface area (Å²) in [6.07, 6.45) is 0. The quantitative estimate of drug-likeness (QED) is 0.803. The fourth-order valence-electron chi connectivity index (χ4n) is 1.15. The molecule has 0 aliphatic heterocycles. The third kappa shape index (κ3) is 3.18. The maximum Gasteiger partial charge on any atom is 0.298 e. The summed E-state index contributed by atoms with van der Waals surface area (Å²) in [7, 11) is 0. The van der Waals surface area contributed by atoms with Gasteiger partial charge in [0, 0.05) is 21.9 Å². The fourth-order valence-corrected chi connectivity index (χ4v) is 2.33. The zero-order chi connectivity index (χ0) is 12.4. The standard InChI is InChI=1S/C11H10BrClN2OS/c1-6(2)10-14-11(17-15-10)16-9-5-7(12)3-4-8(9)13/h3-6H,1-2H3. The van der Waals surface area contributed by atoms with Crippen LogP contribution in [0.3, 0.4) is 0 Å². The average Bonchev–Trinajstić information content (AvgIpc) is 2.72. The lowest BCUT2D eigenvalue weighted by molar-refractivity contribution is 0.476. The van der Waals surface area contributed by atoms with Crippen molar-refractivity contribution in [3.8, 4) is 10.9 Å². The summed E-state index contributed by atoms with van der Waals surface area (Å²) in [4.78, 5) is 4.29. The molecule has 2 aromatic rings. The van der Waals surface area contributed by atoms with Crippen molar-refractivity contribution in [3.05, 3.63) is 33.5 Å². The lowest BCUT2D eigenvalue weighted by Crippen LogP contribution is -1.90. The van der Waals surface area contributed by atoms with E-state index in [1.165, 1.54) is 11.5 Å². The molecule has 1 heterocycles. The van der Waals surface area contributed by atoms with Crippen molar-refractivity contribution < 1.29 is 4.74 Å². The van der Waals surface area contributed by atoms with Crippen LogP contribution in [0.1, 0.15) is 25.6 Å². The maximum absolute atomic E-state index is 6.03. The van der Waals surface area contributed by atoms with Gasteiger partial charge in [-0.15, -0.1) is 0 Å². The highest BCUT2D eigenvalue weighted by Crippen LogP contribution is 2.33. The van der Waals surface area contributed by atoms with E-state index in [1.807, 2.05) is 19.9 Å². The Morgan fingerprint density at radius 1 is 1.41 bits per heavy atom. The second kappa shape index (κ2) is 5.33. The maximum atomic E-state index is 6.03. The van der Waals surface area contributed by atoms with Crippen LogP contribution in [0, 0.1) is 0 Å². The number of halogens is 2. The van der Waals surface area contributed by atoms with Gasteiger partial charge in [0.15, 0.2) is 0 Å². The summed E-state index contributed by atoms with van der Waals surface area (Å²) in [5, 5.41) is 1.06. The van der Waals surface area contributed by atoms with E-state index in [2.05, 4.69) is 25.3 Å². The van der Waals surface area contributed by atoms with Crippen LogP contribution in [0.2, 0.25) is 5.02 Å². The Kier molecular flexibility index (Phi) is 4.01. The number of nitrogens with zero attached hydrogens (tertiary/aromatic N) is 2. The van der Waals surface area contributed by atoms with Gasteiger partial charge in [0.05, 0.1) is 5.02 Å². The van der Waals surface area contributed by atoms with Crippen molar-refractivity contribution in [2.75, 3.05) is 0 Å². The summed E-state index contributed by atoms with van der Waals surface area (Å²) < 4.78 is 10.7. The third-order valence-electron chi connectivity index (χ3n) is 2.03. The Labute approximate surface area is 117 Å². The molecule has 0 bridgehead atoms. The highest BCUT2D eigenvalue weighted by atomic mass is 79.9. The van der Waals surface area contributed by atoms with E-state index in [0.29, 0.717) is 21.9 Å². The van der Waals surface area contributed by atoms with Crippen LogP contribution < -0.4 is 4.74 Å². The Morgan fingerprint density at radius 2 is 2.18 bits per heavy atom. The Morgan fingerprint density at radius 3 is 2.82 bits per heavy atom. The molecule has 0 unspecified atom stereocenters. The molecular weight excluding hydrogens is 324 g/mol. The molecule has 0 aliphatic carbocycles. The van der Waals surface area contributed by atoms with Crippen molar-refractivity contribution in [2.45, 2.75) is 19.8 Å². The summed E-state index contributed by atoms with van der Waals surface area (Å²) in [6.45, 7) is 4.08. The van der Waals surface area contributed by atoms with Crippen LogP contribution in [0.25, 0.3) is 0 Å². The predicted molar refractivity (Wildman–Crippen MR) is 73.2 cm³/mol. The first-order chi connectivity index (χ1) is 8.06. The van der Waals surface area contributed by atoms with E-state index in [0.717, 1.165) is 10.3 Å². The first kappa shape index (κ1) is 12.8. The van der Waals surface area contributed by atoms with Gasteiger partial charge in [-0.05, 0) is 18.2 Å². The molecule has 0 amide bonds. The van der Waals surface area contributed by atoms with Crippen LogP contribution >= 0.6 is 39.1 Å². The van der Waals surface area contributed by atoms with Crippen LogP contribution in [0.4, 0.5) is 0 Å². The monoisotopic (exact) mass is 332 g/mol. The summed E-state index contributed by atoms with van der Waals surface area (Å²) >= 11 is 10.6. The lowest BCUT2D eigenvalue weighted by Gasteiger charge is -2.03. The van der Waals surface area contributed by atoms with E-state index in [-0.39, 0.29) is 0 Å². The minimum atomic E-state index is 0.293. The van der Waals surface area contributed by atoms with Gasteiger partial charge in [0.2, 0.25) is 0 Å². The van der Waals surface area contributed by atoms with E-state index < -0.39 is 0 Å². The van der Waals surface area contributed by atoms with Crippen LogP contribution in [0.5, 0.6) is 10.9 Å². The second-order valence-electron chi connectivity index (χ2n) is 3.75. The number of hydrogen-bond acceptors (Lipinski definition) is 4. The average molecular weight is 334 g/mol. The fraction of sp³-hybridized carbons (Fsp3) is 0.273. The Bertz CT molecular complexity index is 530. The van der Waals surface area contributed by atoms with Crippen molar-refractivity contribution in [2.24, 2.45) is 0 Å². The zero-order valence-electron chi connectivity index (χ0n) is 9.28. The number of ether oxygens (including phenoxy) is 1. The minimum Gasteiger partial charge on any atom is -0.428 e. The summed E-state index contributed by atoms with van der Waals surface area (Å²) in [5.41, 5.74) is 0. The predicted octanol–water partition coefficient (Wildman–Crippen LogP) is 4.87. The van der Waals surface area contributed by atoms with Crippen LogP contribution in [-0.4, -0.2) is 9.36 Å². The van der Waals surface area contributed by atoms with Gasteiger partial charge in [-0.1, -0.05) is 41.4 Å². The zero-order valence-corrected chi connectivity index (χ0v) is 12.4. The topological polar surface area (TPSA) is 35.0 Å². The molecule has 0 spiro atoms. The molecule has 2 rings (SSSR count). The normalized spacial score (nSPS) is 10.9. The molecule has 0 aliphatic rings. The lowest BCUT2D eigenvalue weighted by atomic mass is 10.2. The van der Waals surface area contributed by atoms with E-state index in [9.17, 15) is 0 Å². The largest absolute Gasteiger partial charge is 0.428 e. The van der Waals surface area contributed by atoms with Gasteiger partial charge >= 0.3 is 0 Å². The highest BCUT2D eigenvalue weighted by molar-refractivity contribution is 9.10. The molecule has 0 N–H and O–H groups in total. The van der Waals surface area contributed by atoms with Gasteiger partial charge < -0.3 is 4.74 Å². The molecule has 3 nitrogen and oxygen atoms in total. The SMILES string of the molecule is CC(C)c1nsc(Oc2cc(Br)ccc2Cl)n1. The Balaban J connectivity index is 2.22. The van der Waals surface area contributed by atoms with Crippen molar-refractivity contribution in [3.63, 3.8) is 0 Å². The number of hydrogen-bond donors (Lipinski definition) is 0. The van der Waals surface area contributed by atoms with Gasteiger partial charge in [0.1, 0.15) is 11.6 Å². The molecule has 0 saturated carbocycles. The smallest absolute Gasteiger partial charge is 0.298 e. The van der Waals surface area contributed by atoms with Gasteiger partial charge in [-0.2, -0.15) is 9.36 Å². The number of benzene rings is 1. The molecular formula is C11H10BrClN2OS. The summed E-state index contributed by atoms with van der Waals surface area (Å²) in [6, 6.07) is 5.43. The molecule has 0 fully saturated rings. The van der Waals surface area contributed by atoms with Gasteiger partial charge in [-0.3, -0.25) is 0 Å².